The molecule has 0 atom stereocenters. The van der Waals surface area contributed by atoms with Gasteiger partial charge in [-0.1, -0.05) is 23.6 Å². The first-order chi connectivity index (χ1) is 7.06. The van der Waals surface area contributed by atoms with Crippen LogP contribution in [0.5, 0.6) is 0 Å². The van der Waals surface area contributed by atoms with Crippen LogP contribution < -0.4 is 4.83 Å². The lowest BCUT2D eigenvalue weighted by Crippen LogP contribution is -2.18. The van der Waals surface area contributed by atoms with Gasteiger partial charge in [-0.3, -0.25) is 0 Å². The molecule has 0 aliphatic carbocycles. The van der Waals surface area contributed by atoms with Gasteiger partial charge >= 0.3 is 0 Å². The van der Waals surface area contributed by atoms with E-state index in [1.165, 1.54) is 12.1 Å². The van der Waals surface area contributed by atoms with Gasteiger partial charge in [0, 0.05) is 0 Å². The smallest absolute Gasteiger partial charge is 0.200 e. The van der Waals surface area contributed by atoms with Gasteiger partial charge in [0.2, 0.25) is 0 Å². The minimum absolute atomic E-state index is 0.155. The summed E-state index contributed by atoms with van der Waals surface area (Å²) in [6.45, 7) is 1.88. The minimum atomic E-state index is -3.59. The number of hydrazone groups is 1. The molecule has 78 valence electrons. The van der Waals surface area contributed by atoms with Crippen molar-refractivity contribution >= 4 is 16.2 Å². The number of aryl methyl sites for hydroxylation is 1. The zero-order valence-electron chi connectivity index (χ0n) is 8.14. The van der Waals surface area contributed by atoms with E-state index >= 15 is 0 Å². The number of terminal acetylenes is 1. The Hall–Kier alpha value is -1.80. The highest BCUT2D eigenvalue weighted by atomic mass is 32.2. The molecule has 0 saturated heterocycles. The molecule has 1 rings (SSSR count). The van der Waals surface area contributed by atoms with Crippen molar-refractivity contribution in [1.29, 1.82) is 0 Å². The molecule has 0 spiro atoms. The normalized spacial score (nSPS) is 11.2. The number of rotatable bonds is 3. The molecule has 0 aliphatic heterocycles. The molecule has 0 amide bonds. The first-order valence-electron chi connectivity index (χ1n) is 4.12. The van der Waals surface area contributed by atoms with Crippen molar-refractivity contribution < 1.29 is 8.42 Å². The lowest BCUT2D eigenvalue weighted by molar-refractivity contribution is 0.584. The molecule has 0 bridgehead atoms. The SMILES string of the molecule is C#C/C=N\NS(=O)(=O)c1ccc(C)cc1. The summed E-state index contributed by atoms with van der Waals surface area (Å²) in [6.07, 6.45) is 5.92. The van der Waals surface area contributed by atoms with Crippen LogP contribution in [-0.4, -0.2) is 14.6 Å². The molecule has 5 heteroatoms. The van der Waals surface area contributed by atoms with Crippen molar-refractivity contribution in [3.63, 3.8) is 0 Å². The van der Waals surface area contributed by atoms with Gasteiger partial charge in [0.25, 0.3) is 10.0 Å². The van der Waals surface area contributed by atoms with E-state index in [4.69, 9.17) is 6.42 Å². The predicted molar refractivity (Wildman–Crippen MR) is 58.8 cm³/mol. The highest BCUT2D eigenvalue weighted by molar-refractivity contribution is 7.89. The summed E-state index contributed by atoms with van der Waals surface area (Å²) >= 11 is 0. The maximum absolute atomic E-state index is 11.5. The van der Waals surface area contributed by atoms with Crippen molar-refractivity contribution in [2.24, 2.45) is 5.10 Å². The molecule has 4 nitrogen and oxygen atoms in total. The van der Waals surface area contributed by atoms with Crippen LogP contribution in [0.2, 0.25) is 0 Å². The Kier molecular flexibility index (Phi) is 3.47. The summed E-state index contributed by atoms with van der Waals surface area (Å²) in [5.74, 6) is 2.08. The molecular formula is C10H10N2O2S. The van der Waals surface area contributed by atoms with Gasteiger partial charge in [0.15, 0.2) is 0 Å². The fraction of sp³-hybridized carbons (Fsp3) is 0.100. The Morgan fingerprint density at radius 3 is 2.53 bits per heavy atom. The zero-order chi connectivity index (χ0) is 11.3. The third-order valence-corrected chi connectivity index (χ3v) is 2.88. The molecule has 1 N–H and O–H groups in total. The number of nitrogens with zero attached hydrogens (tertiary/aromatic N) is 1. The van der Waals surface area contributed by atoms with Crippen LogP contribution in [0.15, 0.2) is 34.3 Å². The second kappa shape index (κ2) is 4.62. The fourth-order valence-electron chi connectivity index (χ4n) is 0.903. The minimum Gasteiger partial charge on any atom is -0.200 e. The second-order valence-corrected chi connectivity index (χ2v) is 4.49. The van der Waals surface area contributed by atoms with Gasteiger partial charge < -0.3 is 0 Å². The summed E-state index contributed by atoms with van der Waals surface area (Å²) in [5.41, 5.74) is 0.987. The molecule has 1 aromatic carbocycles. The molecule has 1 aromatic rings. The van der Waals surface area contributed by atoms with Gasteiger partial charge in [0.05, 0.1) is 11.1 Å². The third kappa shape index (κ3) is 3.11. The summed E-state index contributed by atoms with van der Waals surface area (Å²) in [5, 5.41) is 3.36. The third-order valence-electron chi connectivity index (χ3n) is 1.64. The molecule has 0 heterocycles. The average Bonchev–Trinajstić information content (AvgIpc) is 2.18. The molecule has 0 radical (unpaired) electrons. The fourth-order valence-corrected chi connectivity index (χ4v) is 1.69. The molecule has 15 heavy (non-hydrogen) atoms. The Morgan fingerprint density at radius 2 is 2.00 bits per heavy atom. The van der Waals surface area contributed by atoms with E-state index in [0.717, 1.165) is 11.8 Å². The number of hydrogen-bond donors (Lipinski definition) is 1. The Balaban J connectivity index is 2.93. The van der Waals surface area contributed by atoms with E-state index in [-0.39, 0.29) is 4.90 Å². The van der Waals surface area contributed by atoms with Gasteiger partial charge in [-0.15, -0.1) is 6.42 Å². The van der Waals surface area contributed by atoms with Crippen LogP contribution in [-0.2, 0) is 10.0 Å². The summed E-state index contributed by atoms with van der Waals surface area (Å²) in [4.78, 5) is 2.15. The Bertz CT molecular complexity index is 495. The zero-order valence-corrected chi connectivity index (χ0v) is 8.95. The van der Waals surface area contributed by atoms with Gasteiger partial charge in [-0.2, -0.15) is 18.4 Å². The van der Waals surface area contributed by atoms with E-state index < -0.39 is 10.0 Å². The summed E-state index contributed by atoms with van der Waals surface area (Å²) < 4.78 is 23.0. The predicted octanol–water partition coefficient (Wildman–Crippen LogP) is 0.892. The van der Waals surface area contributed by atoms with Crippen LogP contribution in [0.3, 0.4) is 0 Å². The quantitative estimate of drug-likeness (QED) is 0.469. The number of nitrogens with one attached hydrogen (secondary N) is 1. The van der Waals surface area contributed by atoms with Crippen LogP contribution in [0.1, 0.15) is 5.56 Å². The average molecular weight is 222 g/mol. The van der Waals surface area contributed by atoms with E-state index in [1.807, 2.05) is 11.8 Å². The van der Waals surface area contributed by atoms with Crippen LogP contribution >= 0.6 is 0 Å². The number of sulfonamides is 1. The van der Waals surface area contributed by atoms with Crippen LogP contribution in [0.4, 0.5) is 0 Å². The van der Waals surface area contributed by atoms with Crippen molar-refractivity contribution in [2.45, 2.75) is 11.8 Å². The Labute approximate surface area is 89.1 Å². The van der Waals surface area contributed by atoms with E-state index in [9.17, 15) is 8.42 Å². The highest BCUT2D eigenvalue weighted by Crippen LogP contribution is 2.09. The molecule has 0 aliphatic rings. The second-order valence-electron chi connectivity index (χ2n) is 2.83. The largest absolute Gasteiger partial charge is 0.276 e. The lowest BCUT2D eigenvalue weighted by Gasteiger charge is -2.02. The molecule has 0 unspecified atom stereocenters. The summed E-state index contributed by atoms with van der Waals surface area (Å²) in [7, 11) is -3.59. The van der Waals surface area contributed by atoms with Gasteiger partial charge in [0.1, 0.15) is 0 Å². The van der Waals surface area contributed by atoms with Crippen molar-refractivity contribution in [1.82, 2.24) is 4.83 Å². The van der Waals surface area contributed by atoms with Crippen molar-refractivity contribution in [3.05, 3.63) is 29.8 Å². The molecular weight excluding hydrogens is 212 g/mol. The first-order valence-corrected chi connectivity index (χ1v) is 5.61. The number of benzene rings is 1. The van der Waals surface area contributed by atoms with Gasteiger partial charge in [-0.05, 0) is 19.1 Å². The maximum Gasteiger partial charge on any atom is 0.276 e. The van der Waals surface area contributed by atoms with E-state index in [1.54, 1.807) is 12.1 Å². The molecule has 0 fully saturated rings. The van der Waals surface area contributed by atoms with E-state index in [0.29, 0.717) is 0 Å². The standard InChI is InChI=1S/C10H10N2O2S/c1-3-8-11-12-15(13,14)10-6-4-9(2)5-7-10/h1,4-8,12H,2H3/b11-8-. The maximum atomic E-state index is 11.5. The van der Waals surface area contributed by atoms with Crippen LogP contribution in [0, 0.1) is 19.3 Å². The lowest BCUT2D eigenvalue weighted by atomic mass is 10.2. The topological polar surface area (TPSA) is 58.5 Å². The van der Waals surface area contributed by atoms with Gasteiger partial charge in [-0.25, -0.2) is 0 Å². The van der Waals surface area contributed by atoms with E-state index in [2.05, 4.69) is 11.0 Å². The van der Waals surface area contributed by atoms with Crippen LogP contribution in [0.25, 0.3) is 0 Å². The Morgan fingerprint density at radius 1 is 1.40 bits per heavy atom. The van der Waals surface area contributed by atoms with Crippen molar-refractivity contribution in [2.75, 3.05) is 0 Å². The first kappa shape index (κ1) is 11.3. The monoisotopic (exact) mass is 222 g/mol. The molecule has 0 aromatic heterocycles. The highest BCUT2D eigenvalue weighted by Gasteiger charge is 2.11. The number of hydrogen-bond acceptors (Lipinski definition) is 3. The molecule has 0 saturated carbocycles. The summed E-state index contributed by atoms with van der Waals surface area (Å²) in [6, 6.07) is 6.42. The van der Waals surface area contributed by atoms with Crippen molar-refractivity contribution in [3.8, 4) is 12.3 Å².